The fourth-order valence-corrected chi connectivity index (χ4v) is 1.14. The Bertz CT molecular complexity index is 228. The van der Waals surface area contributed by atoms with Gasteiger partial charge in [-0.2, -0.15) is 0 Å². The average molecular weight is 176 g/mol. The highest BCUT2D eigenvalue weighted by Gasteiger charge is 2.08. The molecule has 0 amide bonds. The van der Waals surface area contributed by atoms with Gasteiger partial charge in [0.15, 0.2) is 0 Å². The number of aliphatic hydroxyl groups excluding tert-OH is 1. The van der Waals surface area contributed by atoms with E-state index in [-0.39, 0.29) is 0 Å². The zero-order valence-corrected chi connectivity index (χ0v) is 8.25. The van der Waals surface area contributed by atoms with Gasteiger partial charge < -0.3 is 5.11 Å². The van der Waals surface area contributed by atoms with Gasteiger partial charge in [0, 0.05) is 0 Å². The summed E-state index contributed by atoms with van der Waals surface area (Å²) >= 11 is 0. The van der Waals surface area contributed by atoms with Crippen LogP contribution >= 0.6 is 0 Å². The van der Waals surface area contributed by atoms with Crippen molar-refractivity contribution in [3.05, 3.63) is 47.9 Å². The Balaban J connectivity index is 2.44. The predicted molar refractivity (Wildman–Crippen MR) is 54.5 cm³/mol. The minimum absolute atomic E-state index is 0.488. The highest BCUT2D eigenvalue weighted by Crippen LogP contribution is 2.19. The van der Waals surface area contributed by atoms with E-state index in [1.165, 1.54) is 5.92 Å². The smallest absolute Gasteiger partial charge is 0.122 e. The Morgan fingerprint density at radius 1 is 1.08 bits per heavy atom. The molecule has 0 aliphatic carbocycles. The minimum Gasteiger partial charge on any atom is -0.382 e. The quantitative estimate of drug-likeness (QED) is 0.746. The molecule has 0 fully saturated rings. The Labute approximate surface area is 80.4 Å². The topological polar surface area (TPSA) is 20.2 Å². The van der Waals surface area contributed by atoms with Crippen molar-refractivity contribution in [1.29, 1.82) is 0 Å². The second kappa shape index (κ2) is 5.03. The van der Waals surface area contributed by atoms with Gasteiger partial charge in [0.05, 0.1) is 0 Å². The Kier molecular flexibility index (Phi) is 3.97. The van der Waals surface area contributed by atoms with Gasteiger partial charge in [-0.1, -0.05) is 44.2 Å². The van der Waals surface area contributed by atoms with E-state index >= 15 is 0 Å². The molecule has 70 valence electrons. The molecule has 0 bridgehead atoms. The first-order valence-electron chi connectivity index (χ1n) is 4.59. The largest absolute Gasteiger partial charge is 0.382 e. The fraction of sp³-hybridized carbons (Fsp3) is 0.333. The molecule has 0 saturated heterocycles. The van der Waals surface area contributed by atoms with Crippen LogP contribution < -0.4 is 0 Å². The van der Waals surface area contributed by atoms with E-state index in [1.807, 2.05) is 30.3 Å². The molecule has 0 aliphatic rings. The van der Waals surface area contributed by atoms with E-state index in [0.717, 1.165) is 18.4 Å². The van der Waals surface area contributed by atoms with Gasteiger partial charge in [0.2, 0.25) is 0 Å². The lowest BCUT2D eigenvalue weighted by molar-refractivity contribution is 0.310. The second-order valence-electron chi connectivity index (χ2n) is 3.52. The van der Waals surface area contributed by atoms with E-state index in [0.29, 0.717) is 6.10 Å². The van der Waals surface area contributed by atoms with Gasteiger partial charge in [0.1, 0.15) is 6.10 Å². The summed E-state index contributed by atoms with van der Waals surface area (Å²) in [5.74, 6) is 1.35. The van der Waals surface area contributed by atoms with Gasteiger partial charge in [-0.25, -0.2) is 0 Å². The molecule has 13 heavy (non-hydrogen) atoms. The first kappa shape index (κ1) is 10.3. The summed E-state index contributed by atoms with van der Waals surface area (Å²) in [6.07, 6.45) is 2.19. The number of aliphatic hydroxyl groups is 1. The average Bonchev–Trinajstić information content (AvgIpc) is 2.15. The number of hydrogen-bond acceptors (Lipinski definition) is 1. The van der Waals surface area contributed by atoms with E-state index in [9.17, 15) is 5.11 Å². The van der Waals surface area contributed by atoms with Gasteiger partial charge in [-0.15, -0.1) is 0 Å². The van der Waals surface area contributed by atoms with Crippen LogP contribution in [0, 0.1) is 12.0 Å². The molecule has 0 spiro atoms. The normalized spacial score (nSPS) is 11.2. The van der Waals surface area contributed by atoms with E-state index in [4.69, 9.17) is 0 Å². The lowest BCUT2D eigenvalue weighted by atomic mass is 10.0. The molecule has 1 heteroatoms. The number of benzene rings is 1. The Morgan fingerprint density at radius 2 is 1.69 bits per heavy atom. The molecule has 2 radical (unpaired) electrons. The van der Waals surface area contributed by atoms with Crippen molar-refractivity contribution in [2.75, 3.05) is 0 Å². The summed E-state index contributed by atoms with van der Waals surface area (Å²) in [6, 6.07) is 9.69. The standard InChI is InChI=1S/C12H16O/c1-10(2)8-9-12(13)11-6-4-3-5-7-11/h3-7,13H,8-9H2,1-2H3. The van der Waals surface area contributed by atoms with Crippen LogP contribution in [0.2, 0.25) is 0 Å². The van der Waals surface area contributed by atoms with E-state index in [2.05, 4.69) is 13.8 Å². The molecule has 0 aromatic heterocycles. The van der Waals surface area contributed by atoms with Crippen LogP contribution in [-0.4, -0.2) is 5.11 Å². The molecular weight excluding hydrogens is 160 g/mol. The molecule has 1 rings (SSSR count). The molecule has 0 aliphatic heterocycles. The summed E-state index contributed by atoms with van der Waals surface area (Å²) in [4.78, 5) is 0. The summed E-state index contributed by atoms with van der Waals surface area (Å²) in [5.41, 5.74) is 0.934. The molecule has 1 aromatic carbocycles. The minimum atomic E-state index is 0.488. The Hall–Kier alpha value is -0.820. The molecule has 1 N–H and O–H groups in total. The van der Waals surface area contributed by atoms with Crippen molar-refractivity contribution in [2.45, 2.75) is 26.7 Å². The zero-order valence-electron chi connectivity index (χ0n) is 8.25. The van der Waals surface area contributed by atoms with Gasteiger partial charge in [-0.05, 0) is 24.3 Å². The maximum absolute atomic E-state index is 9.67. The number of rotatable bonds is 4. The van der Waals surface area contributed by atoms with Crippen LogP contribution in [-0.2, 0) is 0 Å². The molecule has 0 saturated carbocycles. The lowest BCUT2D eigenvalue weighted by Gasteiger charge is -2.10. The van der Waals surface area contributed by atoms with Crippen LogP contribution in [0.3, 0.4) is 0 Å². The monoisotopic (exact) mass is 176 g/mol. The van der Waals surface area contributed by atoms with Gasteiger partial charge in [0.25, 0.3) is 0 Å². The SMILES string of the molecule is C[C](C)CC[C](O)c1ccccc1. The first-order chi connectivity index (χ1) is 6.20. The highest BCUT2D eigenvalue weighted by atomic mass is 16.3. The van der Waals surface area contributed by atoms with Crippen molar-refractivity contribution >= 4 is 0 Å². The van der Waals surface area contributed by atoms with Crippen LogP contribution in [0.25, 0.3) is 0 Å². The van der Waals surface area contributed by atoms with Crippen LogP contribution in [0.4, 0.5) is 0 Å². The summed E-state index contributed by atoms with van der Waals surface area (Å²) < 4.78 is 0. The zero-order chi connectivity index (χ0) is 9.68. The van der Waals surface area contributed by atoms with Crippen molar-refractivity contribution < 1.29 is 5.11 Å². The maximum atomic E-state index is 9.67. The van der Waals surface area contributed by atoms with E-state index < -0.39 is 0 Å². The maximum Gasteiger partial charge on any atom is 0.122 e. The molecule has 0 unspecified atom stereocenters. The molecular formula is C12H16O. The van der Waals surface area contributed by atoms with Crippen molar-refractivity contribution in [2.24, 2.45) is 0 Å². The first-order valence-corrected chi connectivity index (χ1v) is 4.59. The van der Waals surface area contributed by atoms with Gasteiger partial charge >= 0.3 is 0 Å². The second-order valence-corrected chi connectivity index (χ2v) is 3.52. The lowest BCUT2D eigenvalue weighted by Crippen LogP contribution is -1.99. The third-order valence-corrected chi connectivity index (χ3v) is 1.97. The van der Waals surface area contributed by atoms with Crippen molar-refractivity contribution in [3.8, 4) is 0 Å². The van der Waals surface area contributed by atoms with Gasteiger partial charge in [-0.3, -0.25) is 0 Å². The third kappa shape index (κ3) is 3.60. The highest BCUT2D eigenvalue weighted by molar-refractivity contribution is 5.26. The number of hydrogen-bond donors (Lipinski definition) is 1. The fourth-order valence-electron chi connectivity index (χ4n) is 1.14. The van der Waals surface area contributed by atoms with E-state index in [1.54, 1.807) is 0 Å². The molecule has 0 heterocycles. The van der Waals surface area contributed by atoms with Crippen molar-refractivity contribution in [1.82, 2.24) is 0 Å². The molecule has 1 nitrogen and oxygen atoms in total. The van der Waals surface area contributed by atoms with Crippen LogP contribution in [0.15, 0.2) is 30.3 Å². The Morgan fingerprint density at radius 3 is 2.23 bits per heavy atom. The van der Waals surface area contributed by atoms with Crippen LogP contribution in [0.1, 0.15) is 32.3 Å². The summed E-state index contributed by atoms with van der Waals surface area (Å²) in [6.45, 7) is 4.16. The van der Waals surface area contributed by atoms with Crippen LogP contribution in [0.5, 0.6) is 0 Å². The molecule has 0 atom stereocenters. The molecule has 1 aromatic rings. The summed E-state index contributed by atoms with van der Waals surface area (Å²) in [5, 5.41) is 9.67. The summed E-state index contributed by atoms with van der Waals surface area (Å²) in [7, 11) is 0. The third-order valence-electron chi connectivity index (χ3n) is 1.97. The van der Waals surface area contributed by atoms with Crippen molar-refractivity contribution in [3.63, 3.8) is 0 Å². The predicted octanol–water partition coefficient (Wildman–Crippen LogP) is 3.33.